The van der Waals surface area contributed by atoms with Crippen LogP contribution in [-0.2, 0) is 23.8 Å². The molecule has 3 atom stereocenters. The molecule has 38 heavy (non-hydrogen) atoms. The Balaban J connectivity index is 1.52. The normalized spacial score (nSPS) is 20.5. The number of ether oxygens (including phenoxy) is 3. The van der Waals surface area contributed by atoms with Gasteiger partial charge in [-0.2, -0.15) is 13.8 Å². The molecule has 0 aliphatic carbocycles. The van der Waals surface area contributed by atoms with Crippen LogP contribution in [0.4, 0.5) is 14.6 Å². The predicted octanol–water partition coefficient (Wildman–Crippen LogP) is 3.24. The minimum absolute atomic E-state index is 0.169. The largest absolute Gasteiger partial charge is 0.460 e. The lowest BCUT2D eigenvalue weighted by molar-refractivity contribution is -0.172. The molecule has 2 aromatic carbocycles. The zero-order valence-electron chi connectivity index (χ0n) is 19.9. The number of aromatic nitrogens is 2. The number of esters is 2. The second-order valence-electron chi connectivity index (χ2n) is 8.22. The zero-order chi connectivity index (χ0) is 27.1. The van der Waals surface area contributed by atoms with Gasteiger partial charge in [-0.3, -0.25) is 4.57 Å². The molecule has 1 aliphatic heterocycles. The van der Waals surface area contributed by atoms with Gasteiger partial charge in [0.2, 0.25) is 6.23 Å². The van der Waals surface area contributed by atoms with Gasteiger partial charge in [0.1, 0.15) is 18.5 Å². The third kappa shape index (κ3) is 6.37. The summed E-state index contributed by atoms with van der Waals surface area (Å²) in [6.07, 6.45) is 0.0148. The van der Waals surface area contributed by atoms with Crippen molar-refractivity contribution < 1.29 is 32.6 Å². The molecule has 0 saturated carbocycles. The lowest BCUT2D eigenvalue weighted by Crippen LogP contribution is -2.44. The van der Waals surface area contributed by atoms with E-state index in [1.54, 1.807) is 54.6 Å². The first-order valence-corrected chi connectivity index (χ1v) is 11.5. The molecule has 2 N–H and O–H groups in total. The molecule has 1 fully saturated rings. The number of carbonyl (C=O) groups is 2. The highest BCUT2D eigenvalue weighted by atomic mass is 19.3. The predicted molar refractivity (Wildman–Crippen MR) is 134 cm³/mol. The van der Waals surface area contributed by atoms with Gasteiger partial charge in [-0.15, -0.1) is 0 Å². The summed E-state index contributed by atoms with van der Waals surface area (Å²) in [5.74, 6) is -5.97. The summed E-state index contributed by atoms with van der Waals surface area (Å²) >= 11 is 0. The van der Waals surface area contributed by atoms with Crippen molar-refractivity contribution in [1.82, 2.24) is 9.55 Å². The lowest BCUT2D eigenvalue weighted by Gasteiger charge is -2.23. The highest BCUT2D eigenvalue weighted by molar-refractivity contribution is 5.87. The molecule has 3 aromatic rings. The van der Waals surface area contributed by atoms with Crippen molar-refractivity contribution >= 4 is 29.9 Å². The van der Waals surface area contributed by atoms with Crippen LogP contribution in [-0.4, -0.2) is 46.2 Å². The van der Waals surface area contributed by atoms with Crippen LogP contribution in [0.5, 0.6) is 0 Å². The number of carbonyl (C=O) groups excluding carboxylic acids is 2. The number of hydrogen-bond acceptors (Lipinski definition) is 8. The topological polar surface area (TPSA) is 123 Å². The van der Waals surface area contributed by atoms with Gasteiger partial charge >= 0.3 is 23.6 Å². The van der Waals surface area contributed by atoms with Gasteiger partial charge in [0.25, 0.3) is 0 Å². The number of anilines is 1. The fraction of sp³-hybridized carbons (Fsp3) is 0.185. The molecule has 196 valence electrons. The maximum Gasteiger partial charge on any atom is 0.351 e. The van der Waals surface area contributed by atoms with Gasteiger partial charge < -0.3 is 19.9 Å². The zero-order valence-corrected chi connectivity index (χ0v) is 19.9. The Bertz CT molecular complexity index is 1390. The number of hydrogen-bond donors (Lipinski definition) is 1. The van der Waals surface area contributed by atoms with E-state index >= 15 is 8.78 Å². The summed E-state index contributed by atoms with van der Waals surface area (Å²) in [6.45, 7) is -0.679. The van der Waals surface area contributed by atoms with Crippen molar-refractivity contribution in [1.29, 1.82) is 0 Å². The molecule has 0 spiro atoms. The number of nitrogens with two attached hydrogens (primary N) is 1. The number of benzene rings is 2. The van der Waals surface area contributed by atoms with Gasteiger partial charge in [0.05, 0.1) is 0 Å². The highest BCUT2D eigenvalue weighted by Gasteiger charge is 2.62. The van der Waals surface area contributed by atoms with Gasteiger partial charge in [-0.25, -0.2) is 14.4 Å². The molecule has 4 rings (SSSR count). The molecule has 9 nitrogen and oxygen atoms in total. The first-order chi connectivity index (χ1) is 18.2. The van der Waals surface area contributed by atoms with Crippen molar-refractivity contribution in [2.75, 3.05) is 12.3 Å². The summed E-state index contributed by atoms with van der Waals surface area (Å²) in [5.41, 5.74) is 5.73. The van der Waals surface area contributed by atoms with Crippen LogP contribution >= 0.6 is 0 Å². The van der Waals surface area contributed by atoms with Gasteiger partial charge in [-0.1, -0.05) is 60.7 Å². The summed E-state index contributed by atoms with van der Waals surface area (Å²) in [6, 6.07) is 18.7. The molecular formula is C27H23F2N3O6. The minimum atomic E-state index is -3.89. The summed E-state index contributed by atoms with van der Waals surface area (Å²) in [5, 5.41) is 0. The van der Waals surface area contributed by atoms with E-state index < -0.39 is 48.6 Å². The Hall–Kier alpha value is -4.64. The molecule has 1 unspecified atom stereocenters. The molecule has 0 amide bonds. The number of nitrogens with zero attached hydrogens (tertiary/aromatic N) is 2. The number of rotatable bonds is 8. The maximum atomic E-state index is 15.5. The SMILES string of the molecule is Nc1ccn([C@@H]2O[C@H](COC(=O)/C=C/c3ccccc3)C(OC(=O)/C=C/c3ccccc3)C2(F)F)c(=O)n1. The molecule has 1 aliphatic rings. The van der Waals surface area contributed by atoms with Crippen LogP contribution in [0.3, 0.4) is 0 Å². The van der Waals surface area contributed by atoms with E-state index in [0.29, 0.717) is 10.1 Å². The minimum Gasteiger partial charge on any atom is -0.460 e. The van der Waals surface area contributed by atoms with Crippen molar-refractivity contribution in [3.63, 3.8) is 0 Å². The van der Waals surface area contributed by atoms with E-state index in [1.165, 1.54) is 12.2 Å². The summed E-state index contributed by atoms with van der Waals surface area (Å²) in [7, 11) is 0. The van der Waals surface area contributed by atoms with E-state index in [2.05, 4.69) is 4.98 Å². The first kappa shape index (κ1) is 26.4. The molecule has 2 heterocycles. The fourth-order valence-corrected chi connectivity index (χ4v) is 3.69. The summed E-state index contributed by atoms with van der Waals surface area (Å²) < 4.78 is 47.1. The van der Waals surface area contributed by atoms with E-state index in [0.717, 1.165) is 30.0 Å². The van der Waals surface area contributed by atoms with E-state index in [1.807, 2.05) is 6.07 Å². The van der Waals surface area contributed by atoms with Gasteiger partial charge in [0.15, 0.2) is 6.10 Å². The van der Waals surface area contributed by atoms with Crippen LogP contribution in [0.25, 0.3) is 12.2 Å². The Morgan fingerprint density at radius 1 is 0.974 bits per heavy atom. The van der Waals surface area contributed by atoms with Crippen LogP contribution in [0.2, 0.25) is 0 Å². The first-order valence-electron chi connectivity index (χ1n) is 11.5. The van der Waals surface area contributed by atoms with E-state index in [4.69, 9.17) is 19.9 Å². The smallest absolute Gasteiger partial charge is 0.351 e. The van der Waals surface area contributed by atoms with Crippen molar-refractivity contribution in [2.24, 2.45) is 0 Å². The van der Waals surface area contributed by atoms with E-state index in [9.17, 15) is 14.4 Å². The Kier molecular flexibility index (Phi) is 8.07. The maximum absolute atomic E-state index is 15.5. The highest BCUT2D eigenvalue weighted by Crippen LogP contribution is 2.44. The average molecular weight is 523 g/mol. The Morgan fingerprint density at radius 3 is 2.13 bits per heavy atom. The number of nitrogen functional groups attached to an aromatic ring is 1. The van der Waals surface area contributed by atoms with Crippen LogP contribution in [0.15, 0.2) is 89.9 Å². The molecular weight excluding hydrogens is 500 g/mol. The molecule has 11 heteroatoms. The standard InChI is InChI=1S/C27H23F2N3O6/c28-27(29)24(38-23(34)14-12-19-9-5-2-6-10-19)20(37-25(27)32-16-15-21(30)31-26(32)35)17-36-22(33)13-11-18-7-3-1-4-8-18/h1-16,20,24-25H,17H2,(H2,30,31,35)/b13-11+,14-12+/t20-,24?,25-/m1/s1. The van der Waals surface area contributed by atoms with Crippen LogP contribution < -0.4 is 11.4 Å². The number of alkyl halides is 2. The monoisotopic (exact) mass is 523 g/mol. The summed E-state index contributed by atoms with van der Waals surface area (Å²) in [4.78, 5) is 40.3. The Labute approximate surface area is 215 Å². The fourth-order valence-electron chi connectivity index (χ4n) is 3.69. The van der Waals surface area contributed by atoms with E-state index in [-0.39, 0.29) is 5.82 Å². The molecule has 1 saturated heterocycles. The van der Waals surface area contributed by atoms with Gasteiger partial charge in [0, 0.05) is 18.3 Å². The molecule has 0 bridgehead atoms. The van der Waals surface area contributed by atoms with Gasteiger partial charge in [-0.05, 0) is 29.3 Å². The molecule has 1 aromatic heterocycles. The average Bonchev–Trinajstić information content (AvgIpc) is 3.15. The van der Waals surface area contributed by atoms with Crippen LogP contribution in [0, 0.1) is 0 Å². The third-order valence-electron chi connectivity index (χ3n) is 5.51. The quantitative estimate of drug-likeness (QED) is 0.353. The number of halogens is 2. The van der Waals surface area contributed by atoms with Crippen LogP contribution in [0.1, 0.15) is 17.4 Å². The molecule has 0 radical (unpaired) electrons. The Morgan fingerprint density at radius 2 is 1.55 bits per heavy atom. The second-order valence-corrected chi connectivity index (χ2v) is 8.22. The van der Waals surface area contributed by atoms with Crippen molar-refractivity contribution in [3.05, 3.63) is 107 Å². The second kappa shape index (κ2) is 11.6. The van der Waals surface area contributed by atoms with Crippen molar-refractivity contribution in [3.8, 4) is 0 Å². The van der Waals surface area contributed by atoms with Crippen molar-refractivity contribution in [2.45, 2.75) is 24.4 Å². The lowest BCUT2D eigenvalue weighted by atomic mass is 10.1. The third-order valence-corrected chi connectivity index (χ3v) is 5.51.